The topological polar surface area (TPSA) is 64.1 Å². The van der Waals surface area contributed by atoms with E-state index in [0.717, 1.165) is 37.9 Å². The Morgan fingerprint density at radius 3 is 2.12 bits per heavy atom. The summed E-state index contributed by atoms with van der Waals surface area (Å²) in [4.78, 5) is 33.0. The number of carbonyl (C=O) groups excluding carboxylic acids is 1. The molecule has 4 aliphatic rings. The van der Waals surface area contributed by atoms with Gasteiger partial charge in [0.2, 0.25) is 5.91 Å². The monoisotopic (exact) mass is 543 g/mol. The summed E-state index contributed by atoms with van der Waals surface area (Å²) in [6.45, 7) is 10.8. The molecule has 1 N–H and O–H groups in total. The van der Waals surface area contributed by atoms with Gasteiger partial charge in [-0.25, -0.2) is 0 Å². The van der Waals surface area contributed by atoms with Crippen molar-refractivity contribution >= 4 is 11.9 Å². The van der Waals surface area contributed by atoms with Crippen LogP contribution in [0.25, 0.3) is 0 Å². The van der Waals surface area contributed by atoms with Crippen LogP contribution in [0.1, 0.15) is 72.9 Å². The summed E-state index contributed by atoms with van der Waals surface area (Å²) in [7, 11) is 0. The van der Waals surface area contributed by atoms with Gasteiger partial charge in [0, 0.05) is 50.7 Å². The van der Waals surface area contributed by atoms with Crippen LogP contribution in [0.4, 0.5) is 0 Å². The van der Waals surface area contributed by atoms with Crippen molar-refractivity contribution in [1.82, 2.24) is 14.7 Å². The molecule has 2 aromatic carbocycles. The number of benzene rings is 2. The van der Waals surface area contributed by atoms with Crippen molar-refractivity contribution in [3.05, 3.63) is 69.8 Å². The first-order chi connectivity index (χ1) is 19.2. The smallest absolute Gasteiger partial charge is 0.321 e. The Hall–Kier alpha value is -2.70. The zero-order chi connectivity index (χ0) is 28.0. The van der Waals surface area contributed by atoms with Crippen LogP contribution < -0.4 is 0 Å². The van der Waals surface area contributed by atoms with Crippen molar-refractivity contribution in [2.24, 2.45) is 5.92 Å². The van der Waals surface area contributed by atoms with Crippen molar-refractivity contribution in [3.8, 4) is 0 Å². The zero-order valence-electron chi connectivity index (χ0n) is 24.5. The minimum Gasteiger partial charge on any atom is -0.480 e. The van der Waals surface area contributed by atoms with Gasteiger partial charge >= 0.3 is 5.97 Å². The zero-order valence-corrected chi connectivity index (χ0v) is 24.5. The van der Waals surface area contributed by atoms with Crippen molar-refractivity contribution in [2.75, 3.05) is 39.3 Å². The van der Waals surface area contributed by atoms with Crippen molar-refractivity contribution in [3.63, 3.8) is 0 Å². The van der Waals surface area contributed by atoms with E-state index in [2.05, 4.69) is 67.0 Å². The van der Waals surface area contributed by atoms with Gasteiger partial charge in [0.15, 0.2) is 0 Å². The number of hydrogen-bond acceptors (Lipinski definition) is 4. The van der Waals surface area contributed by atoms with Gasteiger partial charge in [-0.15, -0.1) is 0 Å². The van der Waals surface area contributed by atoms with Crippen LogP contribution in [-0.4, -0.2) is 82.5 Å². The third-order valence-electron chi connectivity index (χ3n) is 10.1. The van der Waals surface area contributed by atoms with Gasteiger partial charge in [-0.3, -0.25) is 19.4 Å². The number of fused-ring (bicyclic) bond motifs is 2. The average Bonchev–Trinajstić information content (AvgIpc) is 3.69. The van der Waals surface area contributed by atoms with E-state index in [9.17, 15) is 14.7 Å². The molecule has 2 fully saturated rings. The molecule has 6 rings (SSSR count). The first-order valence-corrected chi connectivity index (χ1v) is 15.4. The molecule has 2 unspecified atom stereocenters. The van der Waals surface area contributed by atoms with E-state index >= 15 is 0 Å². The first kappa shape index (κ1) is 27.5. The third kappa shape index (κ3) is 5.45. The molecule has 0 bridgehead atoms. The quantitative estimate of drug-likeness (QED) is 0.588. The van der Waals surface area contributed by atoms with E-state index in [4.69, 9.17) is 0 Å². The fraction of sp³-hybridized carbons (Fsp3) is 0.588. The van der Waals surface area contributed by atoms with Crippen LogP contribution in [0.5, 0.6) is 0 Å². The minimum absolute atomic E-state index is 0.00890. The molecule has 0 aromatic heterocycles. The highest BCUT2D eigenvalue weighted by molar-refractivity contribution is 5.81. The molecule has 0 radical (unpaired) electrons. The summed E-state index contributed by atoms with van der Waals surface area (Å²) in [5, 5.41) is 10.1. The Bertz CT molecular complexity index is 1270. The summed E-state index contributed by atoms with van der Waals surface area (Å²) in [6, 6.07) is 12.9. The number of piperazine rings is 1. The van der Waals surface area contributed by atoms with Gasteiger partial charge in [-0.05, 0) is 99.1 Å². The molecule has 214 valence electrons. The molecule has 1 amide bonds. The van der Waals surface area contributed by atoms with Gasteiger partial charge < -0.3 is 10.0 Å². The predicted octanol–water partition coefficient (Wildman–Crippen LogP) is 4.32. The molecule has 3 atom stereocenters. The second-order valence-electron chi connectivity index (χ2n) is 13.5. The van der Waals surface area contributed by atoms with Crippen molar-refractivity contribution < 1.29 is 14.7 Å². The Morgan fingerprint density at radius 2 is 1.48 bits per heavy atom. The molecular weight excluding hydrogens is 498 g/mol. The molecule has 2 aliphatic heterocycles. The van der Waals surface area contributed by atoms with E-state index in [1.54, 1.807) is 0 Å². The number of aryl methyl sites for hydroxylation is 4. The Balaban J connectivity index is 1.14. The maximum absolute atomic E-state index is 14.1. The predicted molar refractivity (Wildman–Crippen MR) is 158 cm³/mol. The number of aliphatic carboxylic acids is 1. The Labute approximate surface area is 239 Å². The molecule has 2 heterocycles. The van der Waals surface area contributed by atoms with Crippen LogP contribution in [0.15, 0.2) is 36.4 Å². The fourth-order valence-electron chi connectivity index (χ4n) is 7.60. The molecule has 0 saturated carbocycles. The van der Waals surface area contributed by atoms with E-state index in [-0.39, 0.29) is 23.3 Å². The Kier molecular flexibility index (Phi) is 7.51. The average molecular weight is 544 g/mol. The standard InChI is InChI=1S/C34H45N3O3/c1-34(2,3)37-21-29(28-13-12-25-7-5-9-27(25)20-28)30(22-37)32(38)36-16-14-35(15-17-36)31(33(39)40)19-23-10-11-24-6-4-8-26(24)18-23/h10-13,18,20,29-31H,4-9,14-17,19,21-22H2,1-3H3,(H,39,40)/t29?,30?,31-/m0/s1. The van der Waals surface area contributed by atoms with Crippen LogP contribution in [0.3, 0.4) is 0 Å². The first-order valence-electron chi connectivity index (χ1n) is 15.4. The third-order valence-corrected chi connectivity index (χ3v) is 10.1. The lowest BCUT2D eigenvalue weighted by atomic mass is 9.86. The van der Waals surface area contributed by atoms with Crippen LogP contribution in [0.2, 0.25) is 0 Å². The van der Waals surface area contributed by atoms with Gasteiger partial charge in [0.05, 0.1) is 5.92 Å². The normalized spacial score (nSPS) is 24.2. The lowest BCUT2D eigenvalue weighted by molar-refractivity contribution is -0.145. The number of carboxylic acids is 1. The maximum Gasteiger partial charge on any atom is 0.321 e. The largest absolute Gasteiger partial charge is 0.480 e. The van der Waals surface area contributed by atoms with Crippen LogP contribution >= 0.6 is 0 Å². The second-order valence-corrected chi connectivity index (χ2v) is 13.5. The van der Waals surface area contributed by atoms with E-state index in [1.165, 1.54) is 47.1 Å². The highest BCUT2D eigenvalue weighted by atomic mass is 16.4. The molecule has 0 spiro atoms. The Morgan fingerprint density at radius 1 is 0.850 bits per heavy atom. The number of carbonyl (C=O) groups is 2. The van der Waals surface area contributed by atoms with Crippen LogP contribution in [-0.2, 0) is 41.7 Å². The molecule has 2 aliphatic carbocycles. The van der Waals surface area contributed by atoms with Gasteiger partial charge in [0.1, 0.15) is 6.04 Å². The van der Waals surface area contributed by atoms with Crippen molar-refractivity contribution in [2.45, 2.75) is 83.2 Å². The number of carboxylic acid groups (broad SMARTS) is 1. The van der Waals surface area contributed by atoms with E-state index in [0.29, 0.717) is 32.6 Å². The van der Waals surface area contributed by atoms with E-state index in [1.807, 2.05) is 4.90 Å². The summed E-state index contributed by atoms with van der Waals surface area (Å²) in [5.74, 6) is -0.398. The lowest BCUT2D eigenvalue weighted by Crippen LogP contribution is -2.56. The van der Waals surface area contributed by atoms with E-state index < -0.39 is 12.0 Å². The summed E-state index contributed by atoms with van der Waals surface area (Å²) in [6.07, 6.45) is 7.49. The summed E-state index contributed by atoms with van der Waals surface area (Å²) in [5.41, 5.74) is 8.17. The maximum atomic E-state index is 14.1. The van der Waals surface area contributed by atoms with Gasteiger partial charge in [0.25, 0.3) is 0 Å². The minimum atomic E-state index is -0.770. The lowest BCUT2D eigenvalue weighted by Gasteiger charge is -2.39. The highest BCUT2D eigenvalue weighted by Gasteiger charge is 2.44. The number of rotatable bonds is 6. The number of nitrogens with zero attached hydrogens (tertiary/aromatic N) is 3. The highest BCUT2D eigenvalue weighted by Crippen LogP contribution is 2.39. The van der Waals surface area contributed by atoms with Crippen LogP contribution in [0, 0.1) is 5.92 Å². The SMILES string of the molecule is CC(C)(C)N1CC(C(=O)N2CCN([C@@H](Cc3ccc4c(c3)CCC4)C(=O)O)CC2)C(c2ccc3c(c2)CCC3)C1. The van der Waals surface area contributed by atoms with Gasteiger partial charge in [-0.2, -0.15) is 0 Å². The molecule has 2 saturated heterocycles. The molecule has 6 nitrogen and oxygen atoms in total. The fourth-order valence-corrected chi connectivity index (χ4v) is 7.60. The summed E-state index contributed by atoms with van der Waals surface area (Å²) < 4.78 is 0. The number of hydrogen-bond donors (Lipinski definition) is 1. The molecule has 40 heavy (non-hydrogen) atoms. The summed E-state index contributed by atoms with van der Waals surface area (Å²) >= 11 is 0. The second kappa shape index (κ2) is 10.9. The number of amides is 1. The molecule has 6 heteroatoms. The molecular formula is C34H45N3O3. The molecule has 2 aromatic rings. The van der Waals surface area contributed by atoms with Crippen molar-refractivity contribution in [1.29, 1.82) is 0 Å². The van der Waals surface area contributed by atoms with Gasteiger partial charge in [-0.1, -0.05) is 36.4 Å². The number of likely N-dealkylation sites (tertiary alicyclic amines) is 1.